The number of nitrogens with one attached hydrogen (secondary N) is 1. The summed E-state index contributed by atoms with van der Waals surface area (Å²) in [4.78, 5) is 2.42. The van der Waals surface area contributed by atoms with Crippen LogP contribution in [0.5, 0.6) is 0 Å². The zero-order chi connectivity index (χ0) is 12.9. The van der Waals surface area contributed by atoms with Gasteiger partial charge in [0.05, 0.1) is 0 Å². The molecule has 0 spiro atoms. The van der Waals surface area contributed by atoms with E-state index in [0.29, 0.717) is 13.0 Å². The molecule has 1 rings (SSSR count). The van der Waals surface area contributed by atoms with Gasteiger partial charge in [-0.25, -0.2) is 0 Å². The lowest BCUT2D eigenvalue weighted by molar-refractivity contribution is -0.135. The first kappa shape index (κ1) is 15.0. The number of halogens is 4. The van der Waals surface area contributed by atoms with Crippen molar-refractivity contribution in [3.63, 3.8) is 0 Å². The van der Waals surface area contributed by atoms with Gasteiger partial charge in [-0.2, -0.15) is 13.2 Å². The first-order valence-corrected chi connectivity index (χ1v) is 7.02. The molecule has 0 amide bonds. The molecule has 0 fully saturated rings. The molecule has 0 aliphatic heterocycles. The summed E-state index contributed by atoms with van der Waals surface area (Å²) in [7, 11) is 0. The van der Waals surface area contributed by atoms with Crippen molar-refractivity contribution in [3.8, 4) is 0 Å². The summed E-state index contributed by atoms with van der Waals surface area (Å²) in [5.41, 5.74) is 0. The Balaban J connectivity index is 2.09. The zero-order valence-corrected chi connectivity index (χ0v) is 11.9. The van der Waals surface area contributed by atoms with E-state index >= 15 is 0 Å². The zero-order valence-electron chi connectivity index (χ0n) is 9.53. The van der Waals surface area contributed by atoms with Gasteiger partial charge in [0.15, 0.2) is 0 Å². The van der Waals surface area contributed by atoms with Gasteiger partial charge in [0.25, 0.3) is 0 Å². The molecule has 0 saturated heterocycles. The van der Waals surface area contributed by atoms with Crippen LogP contribution in [0.2, 0.25) is 0 Å². The van der Waals surface area contributed by atoms with Gasteiger partial charge in [0, 0.05) is 27.2 Å². The average Bonchev–Trinajstić information content (AvgIpc) is 2.50. The molecule has 1 nitrogen and oxygen atoms in total. The Labute approximate surface area is 112 Å². The molecular weight excluding hydrogens is 315 g/mol. The Morgan fingerprint density at radius 2 is 2.06 bits per heavy atom. The first-order valence-electron chi connectivity index (χ1n) is 5.41. The van der Waals surface area contributed by atoms with Crippen molar-refractivity contribution in [2.45, 2.75) is 38.9 Å². The molecule has 0 aliphatic carbocycles. The second kappa shape index (κ2) is 6.75. The molecule has 1 aromatic rings. The second-order valence-electron chi connectivity index (χ2n) is 3.87. The predicted octanol–water partition coefficient (Wildman–Crippen LogP) is 4.64. The molecule has 17 heavy (non-hydrogen) atoms. The van der Waals surface area contributed by atoms with Gasteiger partial charge in [-0.15, -0.1) is 11.3 Å². The quantitative estimate of drug-likeness (QED) is 0.749. The largest absolute Gasteiger partial charge is 0.389 e. The Morgan fingerprint density at radius 3 is 2.59 bits per heavy atom. The van der Waals surface area contributed by atoms with Gasteiger partial charge >= 0.3 is 6.18 Å². The number of rotatable bonds is 6. The highest BCUT2D eigenvalue weighted by Crippen LogP contribution is 2.26. The Hall–Kier alpha value is -0.0700. The molecule has 0 bridgehead atoms. The predicted molar refractivity (Wildman–Crippen MR) is 68.4 cm³/mol. The van der Waals surface area contributed by atoms with Crippen molar-refractivity contribution in [3.05, 3.63) is 20.3 Å². The maximum atomic E-state index is 11.9. The van der Waals surface area contributed by atoms with Crippen LogP contribution in [0.4, 0.5) is 13.2 Å². The standard InChI is InChI=1S/C11H15BrF3NS/c1-8-10(12)6-9(17-8)7-16-5-3-2-4-11(13,14)15/h6,16H,2-5,7H2,1H3. The lowest BCUT2D eigenvalue weighted by atomic mass is 10.2. The fourth-order valence-electron chi connectivity index (χ4n) is 1.39. The molecule has 0 aliphatic rings. The molecule has 1 N–H and O–H groups in total. The van der Waals surface area contributed by atoms with E-state index in [9.17, 15) is 13.2 Å². The van der Waals surface area contributed by atoms with Gasteiger partial charge in [0.2, 0.25) is 0 Å². The van der Waals surface area contributed by atoms with Crippen LogP contribution in [0.25, 0.3) is 0 Å². The van der Waals surface area contributed by atoms with E-state index in [0.717, 1.165) is 11.0 Å². The van der Waals surface area contributed by atoms with E-state index < -0.39 is 12.6 Å². The number of aryl methyl sites for hydroxylation is 1. The van der Waals surface area contributed by atoms with Gasteiger partial charge < -0.3 is 5.32 Å². The van der Waals surface area contributed by atoms with Crippen LogP contribution in [-0.2, 0) is 6.54 Å². The maximum absolute atomic E-state index is 11.9. The maximum Gasteiger partial charge on any atom is 0.389 e. The van der Waals surface area contributed by atoms with E-state index in [1.807, 2.05) is 13.0 Å². The third kappa shape index (κ3) is 6.43. The summed E-state index contributed by atoms with van der Waals surface area (Å²) in [6.07, 6.45) is -3.94. The van der Waals surface area contributed by atoms with E-state index in [1.54, 1.807) is 11.3 Å². The fourth-order valence-corrected chi connectivity index (χ4v) is 2.96. The summed E-state index contributed by atoms with van der Waals surface area (Å²) >= 11 is 5.12. The highest BCUT2D eigenvalue weighted by molar-refractivity contribution is 9.10. The Kier molecular flexibility index (Phi) is 5.95. The van der Waals surface area contributed by atoms with Crippen LogP contribution in [0.15, 0.2) is 10.5 Å². The smallest absolute Gasteiger partial charge is 0.312 e. The van der Waals surface area contributed by atoms with Crippen LogP contribution >= 0.6 is 27.3 Å². The highest BCUT2D eigenvalue weighted by atomic mass is 79.9. The second-order valence-corrected chi connectivity index (χ2v) is 6.06. The summed E-state index contributed by atoms with van der Waals surface area (Å²) in [6, 6.07) is 2.04. The summed E-state index contributed by atoms with van der Waals surface area (Å²) in [5, 5.41) is 3.15. The average molecular weight is 330 g/mol. The molecule has 1 aromatic heterocycles. The first-order chi connectivity index (χ1) is 7.88. The normalized spacial score (nSPS) is 12.1. The molecular formula is C11H15BrF3NS. The van der Waals surface area contributed by atoms with Crippen LogP contribution in [0.1, 0.15) is 29.0 Å². The molecule has 0 saturated carbocycles. The molecule has 1 heterocycles. The molecule has 6 heteroatoms. The monoisotopic (exact) mass is 329 g/mol. The highest BCUT2D eigenvalue weighted by Gasteiger charge is 2.25. The van der Waals surface area contributed by atoms with Crippen molar-refractivity contribution in [2.75, 3.05) is 6.54 Å². The van der Waals surface area contributed by atoms with Crippen molar-refractivity contribution in [2.24, 2.45) is 0 Å². The minimum absolute atomic E-state index is 0.198. The van der Waals surface area contributed by atoms with E-state index in [2.05, 4.69) is 21.2 Å². The van der Waals surface area contributed by atoms with E-state index in [-0.39, 0.29) is 6.42 Å². The molecule has 0 radical (unpaired) electrons. The van der Waals surface area contributed by atoms with Crippen molar-refractivity contribution in [1.82, 2.24) is 5.32 Å². The minimum atomic E-state index is -4.02. The molecule has 0 atom stereocenters. The third-order valence-corrected chi connectivity index (χ3v) is 4.41. The number of hydrogen-bond acceptors (Lipinski definition) is 2. The SMILES string of the molecule is Cc1sc(CNCCCCC(F)(F)F)cc1Br. The molecule has 0 aromatic carbocycles. The van der Waals surface area contributed by atoms with Crippen molar-refractivity contribution in [1.29, 1.82) is 0 Å². The van der Waals surface area contributed by atoms with Gasteiger partial charge in [-0.3, -0.25) is 0 Å². The van der Waals surface area contributed by atoms with Crippen LogP contribution in [0.3, 0.4) is 0 Å². The van der Waals surface area contributed by atoms with Gasteiger partial charge in [-0.1, -0.05) is 0 Å². The summed E-state index contributed by atoms with van der Waals surface area (Å²) in [6.45, 7) is 3.38. The summed E-state index contributed by atoms with van der Waals surface area (Å²) in [5.74, 6) is 0. The van der Waals surface area contributed by atoms with E-state index in [4.69, 9.17) is 0 Å². The lowest BCUT2D eigenvalue weighted by Crippen LogP contribution is -2.15. The summed E-state index contributed by atoms with van der Waals surface area (Å²) < 4.78 is 36.7. The number of unbranched alkanes of at least 4 members (excludes halogenated alkanes) is 1. The van der Waals surface area contributed by atoms with Crippen LogP contribution < -0.4 is 5.32 Å². The minimum Gasteiger partial charge on any atom is -0.312 e. The topological polar surface area (TPSA) is 12.0 Å². The van der Waals surface area contributed by atoms with Crippen LogP contribution in [0, 0.1) is 6.92 Å². The van der Waals surface area contributed by atoms with E-state index in [1.165, 1.54) is 9.75 Å². The Bertz CT molecular complexity index is 329. The molecule has 0 unspecified atom stereocenters. The number of alkyl halides is 3. The number of thiophene rings is 1. The Morgan fingerprint density at radius 1 is 1.35 bits per heavy atom. The van der Waals surface area contributed by atoms with Gasteiger partial charge in [-0.05, 0) is 48.3 Å². The third-order valence-electron chi connectivity index (χ3n) is 2.27. The molecule has 98 valence electrons. The number of hydrogen-bond donors (Lipinski definition) is 1. The van der Waals surface area contributed by atoms with Gasteiger partial charge in [0.1, 0.15) is 0 Å². The lowest BCUT2D eigenvalue weighted by Gasteiger charge is -2.06. The van der Waals surface area contributed by atoms with Crippen molar-refractivity contribution >= 4 is 27.3 Å². The fraction of sp³-hybridized carbons (Fsp3) is 0.636. The van der Waals surface area contributed by atoms with Crippen LogP contribution in [-0.4, -0.2) is 12.7 Å². The van der Waals surface area contributed by atoms with Crippen molar-refractivity contribution < 1.29 is 13.2 Å².